The summed E-state index contributed by atoms with van der Waals surface area (Å²) in [6.45, 7) is 7.55. The Balaban J connectivity index is 1.80. The summed E-state index contributed by atoms with van der Waals surface area (Å²) in [5.74, 6) is 1.92. The van der Waals surface area contributed by atoms with Crippen LogP contribution in [0.15, 0.2) is 4.99 Å². The van der Waals surface area contributed by atoms with Crippen molar-refractivity contribution < 1.29 is 4.74 Å². The molecule has 0 spiro atoms. The Morgan fingerprint density at radius 1 is 1.36 bits per heavy atom. The normalized spacial score (nSPS) is 16.2. The summed E-state index contributed by atoms with van der Waals surface area (Å²) in [7, 11) is 3.56. The lowest BCUT2D eigenvalue weighted by Crippen LogP contribution is -2.52. The zero-order valence-electron chi connectivity index (χ0n) is 13.7. The lowest BCUT2D eigenvalue weighted by atomic mass is 10.3. The largest absolute Gasteiger partial charge is 0.385 e. The summed E-state index contributed by atoms with van der Waals surface area (Å²) in [4.78, 5) is 13.5. The Morgan fingerprint density at radius 3 is 2.73 bits per heavy atom. The second-order valence-corrected chi connectivity index (χ2v) is 5.87. The van der Waals surface area contributed by atoms with Gasteiger partial charge in [0.1, 0.15) is 5.82 Å². The number of aryl methyl sites for hydroxylation is 1. The maximum absolute atomic E-state index is 5.07. The summed E-state index contributed by atoms with van der Waals surface area (Å²) < 4.78 is 9.43. The molecule has 1 aliphatic heterocycles. The van der Waals surface area contributed by atoms with Crippen molar-refractivity contribution in [2.75, 3.05) is 58.4 Å². The third-order valence-electron chi connectivity index (χ3n) is 3.64. The number of hydrogen-bond acceptors (Lipinski definition) is 6. The highest BCUT2D eigenvalue weighted by atomic mass is 32.1. The molecule has 0 unspecified atom stereocenters. The van der Waals surface area contributed by atoms with Gasteiger partial charge in [0.05, 0.1) is 0 Å². The van der Waals surface area contributed by atoms with Gasteiger partial charge >= 0.3 is 0 Å². The van der Waals surface area contributed by atoms with Gasteiger partial charge in [0, 0.05) is 71.4 Å². The SMILES string of the molecule is CCc1nsc(N2CCN(C(=NC)NCCCOC)CC2)n1. The van der Waals surface area contributed by atoms with Crippen LogP contribution in [0.4, 0.5) is 5.13 Å². The number of rotatable bonds is 6. The van der Waals surface area contributed by atoms with Gasteiger partial charge in [0.15, 0.2) is 5.96 Å². The maximum Gasteiger partial charge on any atom is 0.205 e. The number of aromatic nitrogens is 2. The molecule has 124 valence electrons. The van der Waals surface area contributed by atoms with Crippen LogP contribution in [0.2, 0.25) is 0 Å². The average molecular weight is 326 g/mol. The number of ether oxygens (including phenoxy) is 1. The number of nitrogens with one attached hydrogen (secondary N) is 1. The number of anilines is 1. The van der Waals surface area contributed by atoms with Crippen LogP contribution in [-0.2, 0) is 11.2 Å². The van der Waals surface area contributed by atoms with Crippen molar-refractivity contribution in [2.45, 2.75) is 19.8 Å². The van der Waals surface area contributed by atoms with E-state index in [2.05, 4.69) is 36.4 Å². The molecule has 0 amide bonds. The molecule has 22 heavy (non-hydrogen) atoms. The molecule has 1 N–H and O–H groups in total. The summed E-state index contributed by atoms with van der Waals surface area (Å²) in [6.07, 6.45) is 1.88. The van der Waals surface area contributed by atoms with Crippen molar-refractivity contribution >= 4 is 22.6 Å². The molecule has 7 nitrogen and oxygen atoms in total. The molecular weight excluding hydrogens is 300 g/mol. The van der Waals surface area contributed by atoms with Gasteiger partial charge in [-0.3, -0.25) is 4.99 Å². The first kappa shape index (κ1) is 17.0. The number of hydrogen-bond donors (Lipinski definition) is 1. The van der Waals surface area contributed by atoms with E-state index in [0.29, 0.717) is 0 Å². The second kappa shape index (κ2) is 8.89. The molecule has 0 aromatic carbocycles. The van der Waals surface area contributed by atoms with E-state index >= 15 is 0 Å². The minimum absolute atomic E-state index is 0.772. The van der Waals surface area contributed by atoms with E-state index in [1.54, 1.807) is 7.11 Å². The van der Waals surface area contributed by atoms with Gasteiger partial charge in [0.25, 0.3) is 0 Å². The van der Waals surface area contributed by atoms with Gasteiger partial charge < -0.3 is 19.9 Å². The Hall–Kier alpha value is -1.41. The fourth-order valence-corrected chi connectivity index (χ4v) is 3.18. The number of piperazine rings is 1. The topological polar surface area (TPSA) is 65.9 Å². The van der Waals surface area contributed by atoms with E-state index in [1.807, 2.05) is 7.05 Å². The van der Waals surface area contributed by atoms with Crippen LogP contribution < -0.4 is 10.2 Å². The maximum atomic E-state index is 5.07. The van der Waals surface area contributed by atoms with E-state index in [9.17, 15) is 0 Å². The van der Waals surface area contributed by atoms with Crippen molar-refractivity contribution in [1.82, 2.24) is 19.6 Å². The van der Waals surface area contributed by atoms with Crippen molar-refractivity contribution in [1.29, 1.82) is 0 Å². The van der Waals surface area contributed by atoms with Crippen molar-refractivity contribution in [2.24, 2.45) is 4.99 Å². The molecule has 0 bridgehead atoms. The van der Waals surface area contributed by atoms with E-state index in [-0.39, 0.29) is 0 Å². The highest BCUT2D eigenvalue weighted by Crippen LogP contribution is 2.19. The van der Waals surface area contributed by atoms with Crippen molar-refractivity contribution in [3.8, 4) is 0 Å². The van der Waals surface area contributed by atoms with E-state index in [0.717, 1.165) is 69.1 Å². The van der Waals surface area contributed by atoms with Gasteiger partial charge in [0.2, 0.25) is 5.13 Å². The lowest BCUT2D eigenvalue weighted by molar-refractivity contribution is 0.195. The third-order valence-corrected chi connectivity index (χ3v) is 4.46. The average Bonchev–Trinajstić information content (AvgIpc) is 3.04. The fraction of sp³-hybridized carbons (Fsp3) is 0.786. The zero-order valence-corrected chi connectivity index (χ0v) is 14.5. The van der Waals surface area contributed by atoms with Gasteiger partial charge in [-0.05, 0) is 6.42 Å². The molecule has 0 saturated carbocycles. The molecule has 1 aromatic heterocycles. The summed E-state index contributed by atoms with van der Waals surface area (Å²) in [6, 6.07) is 0. The molecule has 1 fully saturated rings. The number of aliphatic imine (C=N–C) groups is 1. The molecule has 1 aliphatic rings. The minimum atomic E-state index is 0.772. The third kappa shape index (κ3) is 4.54. The molecule has 8 heteroatoms. The molecule has 1 saturated heterocycles. The van der Waals surface area contributed by atoms with Crippen LogP contribution in [0.1, 0.15) is 19.2 Å². The Morgan fingerprint density at radius 2 is 2.14 bits per heavy atom. The molecule has 1 aromatic rings. The summed E-state index contributed by atoms with van der Waals surface area (Å²) in [5.41, 5.74) is 0. The monoisotopic (exact) mass is 326 g/mol. The van der Waals surface area contributed by atoms with Crippen LogP contribution >= 0.6 is 11.5 Å². The van der Waals surface area contributed by atoms with Crippen LogP contribution in [-0.4, -0.2) is 73.7 Å². The second-order valence-electron chi connectivity index (χ2n) is 5.14. The lowest BCUT2D eigenvalue weighted by Gasteiger charge is -2.36. The zero-order chi connectivity index (χ0) is 15.8. The van der Waals surface area contributed by atoms with Gasteiger partial charge in [-0.15, -0.1) is 0 Å². The van der Waals surface area contributed by atoms with Crippen LogP contribution in [0.3, 0.4) is 0 Å². The molecule has 0 radical (unpaired) electrons. The van der Waals surface area contributed by atoms with E-state index in [4.69, 9.17) is 4.74 Å². The Bertz CT molecular complexity index is 470. The molecule has 2 heterocycles. The molecule has 0 atom stereocenters. The predicted octanol–water partition coefficient (Wildman–Crippen LogP) is 0.834. The molecule has 0 aliphatic carbocycles. The minimum Gasteiger partial charge on any atom is -0.385 e. The van der Waals surface area contributed by atoms with Crippen LogP contribution in [0.5, 0.6) is 0 Å². The standard InChI is InChI=1S/C14H26N6OS/c1-4-12-17-14(22-18-12)20-9-7-19(8-10-20)13(15-2)16-6-5-11-21-3/h4-11H2,1-3H3,(H,15,16). The number of nitrogens with zero attached hydrogens (tertiary/aromatic N) is 5. The Kier molecular flexibility index (Phi) is 6.85. The first-order chi connectivity index (χ1) is 10.8. The van der Waals surface area contributed by atoms with Gasteiger partial charge in [-0.2, -0.15) is 4.37 Å². The van der Waals surface area contributed by atoms with Crippen molar-refractivity contribution in [3.63, 3.8) is 0 Å². The number of methoxy groups -OCH3 is 1. The van der Waals surface area contributed by atoms with Crippen LogP contribution in [0, 0.1) is 0 Å². The molecule has 2 rings (SSSR count). The summed E-state index contributed by atoms with van der Waals surface area (Å²) in [5, 5.41) is 4.44. The van der Waals surface area contributed by atoms with E-state index in [1.165, 1.54) is 11.5 Å². The first-order valence-electron chi connectivity index (χ1n) is 7.80. The van der Waals surface area contributed by atoms with Crippen LogP contribution in [0.25, 0.3) is 0 Å². The first-order valence-corrected chi connectivity index (χ1v) is 8.57. The quantitative estimate of drug-likeness (QED) is 0.475. The fourth-order valence-electron chi connectivity index (χ4n) is 2.38. The Labute approximate surface area is 136 Å². The smallest absolute Gasteiger partial charge is 0.205 e. The molecular formula is C14H26N6OS. The van der Waals surface area contributed by atoms with Crippen molar-refractivity contribution in [3.05, 3.63) is 5.82 Å². The van der Waals surface area contributed by atoms with E-state index < -0.39 is 0 Å². The highest BCUT2D eigenvalue weighted by Gasteiger charge is 2.21. The predicted molar refractivity (Wildman–Crippen MR) is 90.9 cm³/mol. The highest BCUT2D eigenvalue weighted by molar-refractivity contribution is 7.09. The summed E-state index contributed by atoms with van der Waals surface area (Å²) >= 11 is 1.50. The number of guanidine groups is 1. The van der Waals surface area contributed by atoms with Gasteiger partial charge in [-0.1, -0.05) is 6.92 Å². The van der Waals surface area contributed by atoms with Gasteiger partial charge in [-0.25, -0.2) is 4.98 Å².